The third kappa shape index (κ3) is 2.03. The molecule has 0 fully saturated rings. The number of aromatic nitrogens is 1. The molecule has 0 atom stereocenters. The van der Waals surface area contributed by atoms with Gasteiger partial charge in [0.1, 0.15) is 0 Å². The maximum atomic E-state index is 5.95. The summed E-state index contributed by atoms with van der Waals surface area (Å²) in [5.41, 5.74) is 0.743. The molecular weight excluding hydrogens is 196 g/mol. The van der Waals surface area contributed by atoms with Gasteiger partial charge in [-0.05, 0) is 11.8 Å². The minimum Gasteiger partial charge on any atom is -0.443 e. The monoisotopic (exact) mass is 203 g/mol. The van der Waals surface area contributed by atoms with Crippen molar-refractivity contribution in [1.29, 1.82) is 0 Å². The fourth-order valence-electron chi connectivity index (χ4n) is 1.09. The van der Waals surface area contributed by atoms with Crippen molar-refractivity contribution < 1.29 is 0 Å². The van der Waals surface area contributed by atoms with E-state index < -0.39 is 0 Å². The van der Waals surface area contributed by atoms with Gasteiger partial charge in [0.05, 0.1) is 0 Å². The van der Waals surface area contributed by atoms with Crippen LogP contribution in [0, 0.1) is 0 Å². The van der Waals surface area contributed by atoms with Gasteiger partial charge in [-0.15, -0.1) is 0 Å². The smallest absolute Gasteiger partial charge is 0.0438 e. The summed E-state index contributed by atoms with van der Waals surface area (Å²) >= 11 is 5.95. The number of halogens is 1. The number of benzene rings is 1. The lowest BCUT2D eigenvalue weighted by Crippen LogP contribution is -1.74. The minimum absolute atomic E-state index is 0.637. The van der Waals surface area contributed by atoms with Gasteiger partial charge in [-0.2, -0.15) is 0 Å². The highest BCUT2D eigenvalue weighted by molar-refractivity contribution is 6.33. The predicted molar refractivity (Wildman–Crippen MR) is 58.4 cm³/mol. The van der Waals surface area contributed by atoms with E-state index in [0.29, 0.717) is 10.8 Å². The summed E-state index contributed by atoms with van der Waals surface area (Å²) in [4.78, 5) is 4.09. The zero-order valence-corrected chi connectivity index (χ0v) is 8.15. The van der Waals surface area contributed by atoms with Crippen LogP contribution in [-0.2, 0) is 0 Å². The Balaban J connectivity index is 2.24. The Morgan fingerprint density at radius 1 is 1.00 bits per heavy atom. The number of hydrogen-bond acceptors (Lipinski definition) is 1. The number of hydrogen-bond donors (Lipinski definition) is 0. The van der Waals surface area contributed by atoms with Gasteiger partial charge in [-0.1, -0.05) is 60.0 Å². The second-order valence-electron chi connectivity index (χ2n) is 2.75. The third-order valence-electron chi connectivity index (χ3n) is 1.74. The van der Waals surface area contributed by atoms with Crippen molar-refractivity contribution >= 4 is 23.1 Å². The second kappa shape index (κ2) is 4.11. The molecule has 0 saturated heterocycles. The Bertz CT molecular complexity index is 415. The zero-order chi connectivity index (χ0) is 9.80. The van der Waals surface area contributed by atoms with Crippen molar-refractivity contribution in [2.45, 2.75) is 0 Å². The molecule has 0 spiro atoms. The molecule has 2 aromatic rings. The van der Waals surface area contributed by atoms with Crippen LogP contribution in [0.15, 0.2) is 48.7 Å². The van der Waals surface area contributed by atoms with Crippen molar-refractivity contribution in [1.82, 2.24) is 4.98 Å². The van der Waals surface area contributed by atoms with E-state index in [-0.39, 0.29) is 0 Å². The summed E-state index contributed by atoms with van der Waals surface area (Å²) < 4.78 is 0. The number of nitrogens with zero attached hydrogens (tertiary/aromatic N) is 2. The molecule has 14 heavy (non-hydrogen) atoms. The lowest BCUT2D eigenvalue weighted by atomic mass is 10.3. The molecule has 1 heterocycles. The molecule has 0 aliphatic rings. The van der Waals surface area contributed by atoms with Gasteiger partial charge < -0.3 is 10.3 Å². The first-order chi connectivity index (χ1) is 6.86. The lowest BCUT2D eigenvalue weighted by Gasteiger charge is -2.15. The molecule has 70 valence electrons. The van der Waals surface area contributed by atoms with Gasteiger partial charge in [0.2, 0.25) is 0 Å². The van der Waals surface area contributed by atoms with Gasteiger partial charge in [0, 0.05) is 5.02 Å². The molecule has 3 heteroatoms. The lowest BCUT2D eigenvalue weighted by molar-refractivity contribution is 1.34. The topological polar surface area (TPSA) is 27.0 Å². The first kappa shape index (κ1) is 9.03. The van der Waals surface area contributed by atoms with Gasteiger partial charge >= 0.3 is 0 Å². The highest BCUT2D eigenvalue weighted by Crippen LogP contribution is 2.33. The first-order valence-electron chi connectivity index (χ1n) is 4.23. The Morgan fingerprint density at radius 2 is 1.79 bits per heavy atom. The van der Waals surface area contributed by atoms with Crippen molar-refractivity contribution in [3.05, 3.63) is 59.0 Å². The van der Waals surface area contributed by atoms with E-state index >= 15 is 0 Å². The van der Waals surface area contributed by atoms with Crippen LogP contribution in [0.1, 0.15) is 0 Å². The summed E-state index contributed by atoms with van der Waals surface area (Å²) in [6, 6.07) is 13.0. The van der Waals surface area contributed by atoms with Gasteiger partial charge in [-0.25, -0.2) is 0 Å². The molecule has 0 aliphatic heterocycles. The van der Waals surface area contributed by atoms with E-state index in [1.165, 1.54) is 0 Å². The highest BCUT2D eigenvalue weighted by atomic mass is 35.5. The zero-order valence-electron chi connectivity index (χ0n) is 7.39. The number of para-hydroxylation sites is 1. The molecule has 2 nitrogen and oxygen atoms in total. The van der Waals surface area contributed by atoms with Crippen molar-refractivity contribution in [2.75, 3.05) is 0 Å². The van der Waals surface area contributed by atoms with Gasteiger partial charge in [0.15, 0.2) is 0 Å². The molecule has 0 saturated carbocycles. The maximum absolute atomic E-state index is 5.95. The normalized spacial score (nSPS) is 9.79. The molecule has 2 rings (SSSR count). The van der Waals surface area contributed by atoms with Crippen molar-refractivity contribution in [2.24, 2.45) is 0 Å². The van der Waals surface area contributed by atoms with E-state index in [4.69, 9.17) is 11.6 Å². The maximum Gasteiger partial charge on any atom is 0.0438 e. The average molecular weight is 204 g/mol. The molecule has 0 unspecified atom stereocenters. The molecule has 0 amide bonds. The van der Waals surface area contributed by atoms with Crippen molar-refractivity contribution in [3.63, 3.8) is 0 Å². The first-order valence-corrected chi connectivity index (χ1v) is 4.61. The largest absolute Gasteiger partial charge is 0.443 e. The summed E-state index contributed by atoms with van der Waals surface area (Å²) in [6.07, 6.45) is 1.70. The Morgan fingerprint density at radius 3 is 2.50 bits per heavy atom. The summed E-state index contributed by atoms with van der Waals surface area (Å²) in [5.74, 6) is 0.667. The molecule has 0 N–H and O–H groups in total. The highest BCUT2D eigenvalue weighted by Gasteiger charge is 1.91. The van der Waals surface area contributed by atoms with Crippen LogP contribution < -0.4 is 0 Å². The quantitative estimate of drug-likeness (QED) is 0.723. The fraction of sp³-hybridized carbons (Fsp3) is 0. The minimum atomic E-state index is 0.637. The predicted octanol–water partition coefficient (Wildman–Crippen LogP) is 4.07. The van der Waals surface area contributed by atoms with E-state index in [0.717, 1.165) is 5.69 Å². The van der Waals surface area contributed by atoms with Crippen LogP contribution in [-0.4, -0.2) is 4.98 Å². The molecule has 0 radical (unpaired) electrons. The van der Waals surface area contributed by atoms with E-state index in [1.807, 2.05) is 42.5 Å². The summed E-state index contributed by atoms with van der Waals surface area (Å²) in [6.45, 7) is 0. The van der Waals surface area contributed by atoms with Gasteiger partial charge in [-0.3, -0.25) is 0 Å². The SMILES string of the molecule is Clc1ccccc1[N-]c1ccccn1. The van der Waals surface area contributed by atoms with Crippen LogP contribution in [0.2, 0.25) is 5.02 Å². The molecule has 0 bridgehead atoms. The van der Waals surface area contributed by atoms with Crippen LogP contribution >= 0.6 is 11.6 Å². The summed E-state index contributed by atoms with van der Waals surface area (Å²) in [7, 11) is 0. The van der Waals surface area contributed by atoms with Crippen LogP contribution in [0.25, 0.3) is 5.32 Å². The second-order valence-corrected chi connectivity index (χ2v) is 3.16. The number of rotatable bonds is 2. The molecule has 0 aliphatic carbocycles. The summed E-state index contributed by atoms with van der Waals surface area (Å²) in [5, 5.41) is 4.93. The Labute approximate surface area is 87.6 Å². The number of pyridine rings is 1. The van der Waals surface area contributed by atoms with Crippen molar-refractivity contribution in [3.8, 4) is 0 Å². The fourth-order valence-corrected chi connectivity index (χ4v) is 1.26. The van der Waals surface area contributed by atoms with Crippen LogP contribution in [0.3, 0.4) is 0 Å². The standard InChI is InChI=1S/C11H8ClN2/c12-9-5-1-2-6-10(9)14-11-7-3-4-8-13-11/h1-8H/q-1. The average Bonchev–Trinajstić information content (AvgIpc) is 2.23. The molecule has 1 aromatic heterocycles. The Hall–Kier alpha value is -1.54. The van der Waals surface area contributed by atoms with E-state index in [9.17, 15) is 0 Å². The van der Waals surface area contributed by atoms with E-state index in [1.54, 1.807) is 6.20 Å². The van der Waals surface area contributed by atoms with E-state index in [2.05, 4.69) is 10.3 Å². The third-order valence-corrected chi connectivity index (χ3v) is 2.06. The van der Waals surface area contributed by atoms with Crippen LogP contribution in [0.4, 0.5) is 11.5 Å². The Kier molecular flexibility index (Phi) is 2.65. The molecule has 1 aromatic carbocycles. The van der Waals surface area contributed by atoms with Gasteiger partial charge in [0.25, 0.3) is 0 Å². The molecular formula is C11H8ClN2-. The van der Waals surface area contributed by atoms with Crippen LogP contribution in [0.5, 0.6) is 0 Å².